The molecule has 2 heterocycles. The van der Waals surface area contributed by atoms with Crippen molar-refractivity contribution < 1.29 is 9.15 Å². The van der Waals surface area contributed by atoms with E-state index in [2.05, 4.69) is 57.8 Å². The number of hydrogen-bond donors (Lipinski definition) is 1. The van der Waals surface area contributed by atoms with Gasteiger partial charge in [0.05, 0.1) is 24.0 Å². The van der Waals surface area contributed by atoms with Crippen LogP contribution in [0.4, 0.5) is 0 Å². The summed E-state index contributed by atoms with van der Waals surface area (Å²) in [5.74, 6) is 1.05. The van der Waals surface area contributed by atoms with Gasteiger partial charge >= 0.3 is 0 Å². The van der Waals surface area contributed by atoms with E-state index in [0.29, 0.717) is 6.04 Å². The molecule has 1 aliphatic heterocycles. The Morgan fingerprint density at radius 2 is 1.81 bits per heavy atom. The fourth-order valence-corrected chi connectivity index (χ4v) is 3.26. The van der Waals surface area contributed by atoms with Gasteiger partial charge in [-0.15, -0.1) is 0 Å². The summed E-state index contributed by atoms with van der Waals surface area (Å²) in [6, 6.07) is 2.55. The lowest BCUT2D eigenvalue weighted by Crippen LogP contribution is -2.56. The van der Waals surface area contributed by atoms with Crippen molar-refractivity contribution in [2.24, 2.45) is 0 Å². The summed E-state index contributed by atoms with van der Waals surface area (Å²) < 4.78 is 11.8. The van der Waals surface area contributed by atoms with E-state index >= 15 is 0 Å². The van der Waals surface area contributed by atoms with Gasteiger partial charge < -0.3 is 14.5 Å². The maximum absolute atomic E-state index is 6.14. The zero-order valence-corrected chi connectivity index (χ0v) is 14.3. The molecule has 1 aromatic heterocycles. The highest BCUT2D eigenvalue weighted by atomic mass is 16.5. The standard InChI is InChI=1S/C17H30N2O2/c1-13(2)18-9-15-14(7-8-20-15)10-19-11-16(3,4)21-17(5,6)12-19/h7-8,13,18H,9-12H2,1-6H3. The molecule has 0 saturated carbocycles. The molecule has 2 rings (SSSR count). The van der Waals surface area contributed by atoms with Crippen LogP contribution in [0, 0.1) is 0 Å². The number of nitrogens with zero attached hydrogens (tertiary/aromatic N) is 1. The Labute approximate surface area is 128 Å². The van der Waals surface area contributed by atoms with E-state index in [1.54, 1.807) is 6.26 Å². The predicted molar refractivity (Wildman–Crippen MR) is 85.2 cm³/mol. The van der Waals surface area contributed by atoms with Crippen molar-refractivity contribution in [1.82, 2.24) is 10.2 Å². The third-order valence-electron chi connectivity index (χ3n) is 3.66. The molecule has 4 heteroatoms. The van der Waals surface area contributed by atoms with E-state index in [1.807, 2.05) is 0 Å². The van der Waals surface area contributed by atoms with Crippen molar-refractivity contribution in [3.63, 3.8) is 0 Å². The second-order valence-corrected chi connectivity index (χ2v) is 7.67. The van der Waals surface area contributed by atoms with E-state index < -0.39 is 0 Å². The zero-order valence-electron chi connectivity index (χ0n) is 14.3. The highest BCUT2D eigenvalue weighted by Crippen LogP contribution is 2.29. The molecule has 120 valence electrons. The fraction of sp³-hybridized carbons (Fsp3) is 0.765. The maximum Gasteiger partial charge on any atom is 0.122 e. The second-order valence-electron chi connectivity index (χ2n) is 7.67. The zero-order chi connectivity index (χ0) is 15.7. The number of morpholine rings is 1. The monoisotopic (exact) mass is 294 g/mol. The molecule has 0 spiro atoms. The van der Waals surface area contributed by atoms with Crippen LogP contribution in [-0.2, 0) is 17.8 Å². The molecule has 0 amide bonds. The van der Waals surface area contributed by atoms with Crippen LogP contribution >= 0.6 is 0 Å². The molecule has 0 unspecified atom stereocenters. The van der Waals surface area contributed by atoms with Gasteiger partial charge in [-0.25, -0.2) is 0 Å². The minimum Gasteiger partial charge on any atom is -0.468 e. The number of rotatable bonds is 5. The van der Waals surface area contributed by atoms with Gasteiger partial charge in [-0.05, 0) is 33.8 Å². The van der Waals surface area contributed by atoms with E-state index in [-0.39, 0.29) is 11.2 Å². The van der Waals surface area contributed by atoms with Crippen molar-refractivity contribution in [3.05, 3.63) is 23.7 Å². The van der Waals surface area contributed by atoms with E-state index in [0.717, 1.165) is 31.9 Å². The van der Waals surface area contributed by atoms with Gasteiger partial charge in [0.25, 0.3) is 0 Å². The minimum atomic E-state index is -0.109. The average molecular weight is 294 g/mol. The largest absolute Gasteiger partial charge is 0.468 e. The Balaban J connectivity index is 2.03. The topological polar surface area (TPSA) is 37.6 Å². The molecule has 0 aromatic carbocycles. The summed E-state index contributed by atoms with van der Waals surface area (Å²) >= 11 is 0. The van der Waals surface area contributed by atoms with Crippen LogP contribution in [0.3, 0.4) is 0 Å². The molecule has 21 heavy (non-hydrogen) atoms. The lowest BCUT2D eigenvalue weighted by molar-refractivity contribution is -0.182. The molecule has 1 aromatic rings. The predicted octanol–water partition coefficient (Wildman–Crippen LogP) is 3.17. The average Bonchev–Trinajstić information content (AvgIpc) is 2.69. The summed E-state index contributed by atoms with van der Waals surface area (Å²) in [5, 5.41) is 3.42. The number of nitrogens with one attached hydrogen (secondary N) is 1. The molecule has 0 radical (unpaired) electrons. The lowest BCUT2D eigenvalue weighted by atomic mass is 9.98. The normalized spacial score (nSPS) is 21.9. The van der Waals surface area contributed by atoms with Crippen LogP contribution < -0.4 is 5.32 Å². The van der Waals surface area contributed by atoms with Crippen molar-refractivity contribution in [3.8, 4) is 0 Å². The van der Waals surface area contributed by atoms with Gasteiger partial charge in [0.2, 0.25) is 0 Å². The fourth-order valence-electron chi connectivity index (χ4n) is 3.26. The smallest absolute Gasteiger partial charge is 0.122 e. The first-order chi connectivity index (χ1) is 9.67. The van der Waals surface area contributed by atoms with Gasteiger partial charge in [0, 0.05) is 31.2 Å². The van der Waals surface area contributed by atoms with Gasteiger partial charge in [0.1, 0.15) is 5.76 Å². The first-order valence-electron chi connectivity index (χ1n) is 7.88. The third kappa shape index (κ3) is 4.83. The molecule has 4 nitrogen and oxygen atoms in total. The van der Waals surface area contributed by atoms with Crippen molar-refractivity contribution in [2.75, 3.05) is 13.1 Å². The summed E-state index contributed by atoms with van der Waals surface area (Å²) in [4.78, 5) is 2.47. The van der Waals surface area contributed by atoms with Crippen LogP contribution in [0.1, 0.15) is 52.9 Å². The first kappa shape index (κ1) is 16.5. The van der Waals surface area contributed by atoms with Gasteiger partial charge in [0.15, 0.2) is 0 Å². The first-order valence-corrected chi connectivity index (χ1v) is 7.88. The van der Waals surface area contributed by atoms with Crippen molar-refractivity contribution >= 4 is 0 Å². The third-order valence-corrected chi connectivity index (χ3v) is 3.66. The second kappa shape index (κ2) is 6.11. The number of ether oxygens (including phenoxy) is 1. The summed E-state index contributed by atoms with van der Waals surface area (Å²) in [6.07, 6.45) is 1.80. The van der Waals surface area contributed by atoms with Crippen molar-refractivity contribution in [1.29, 1.82) is 0 Å². The molecule has 0 bridgehead atoms. The molecular weight excluding hydrogens is 264 g/mol. The number of furan rings is 1. The van der Waals surface area contributed by atoms with Crippen LogP contribution in [0.5, 0.6) is 0 Å². The summed E-state index contributed by atoms with van der Waals surface area (Å²) in [7, 11) is 0. The Bertz CT molecular complexity index is 447. The van der Waals surface area contributed by atoms with Crippen molar-refractivity contribution in [2.45, 2.75) is 71.9 Å². The minimum absolute atomic E-state index is 0.109. The van der Waals surface area contributed by atoms with Gasteiger partial charge in [-0.3, -0.25) is 4.90 Å². The summed E-state index contributed by atoms with van der Waals surface area (Å²) in [5.41, 5.74) is 1.06. The molecule has 0 atom stereocenters. The molecular formula is C17H30N2O2. The highest BCUT2D eigenvalue weighted by Gasteiger charge is 2.38. The van der Waals surface area contributed by atoms with Crippen LogP contribution in [0.15, 0.2) is 16.7 Å². The van der Waals surface area contributed by atoms with E-state index in [4.69, 9.17) is 9.15 Å². The highest BCUT2D eigenvalue weighted by molar-refractivity contribution is 5.17. The van der Waals surface area contributed by atoms with Crippen LogP contribution in [0.2, 0.25) is 0 Å². The number of hydrogen-bond acceptors (Lipinski definition) is 4. The quantitative estimate of drug-likeness (QED) is 0.905. The molecule has 1 fully saturated rings. The Morgan fingerprint density at radius 1 is 1.19 bits per heavy atom. The van der Waals surface area contributed by atoms with E-state index in [9.17, 15) is 0 Å². The van der Waals surface area contributed by atoms with Gasteiger partial charge in [-0.1, -0.05) is 13.8 Å². The Kier molecular flexibility index (Phi) is 4.81. The molecule has 1 aliphatic rings. The van der Waals surface area contributed by atoms with Crippen LogP contribution in [-0.4, -0.2) is 35.2 Å². The van der Waals surface area contributed by atoms with E-state index in [1.165, 1.54) is 5.56 Å². The SMILES string of the molecule is CC(C)NCc1occc1CN1CC(C)(C)OC(C)(C)C1. The summed E-state index contributed by atoms with van der Waals surface area (Å²) in [6.45, 7) is 16.5. The van der Waals surface area contributed by atoms with Gasteiger partial charge in [-0.2, -0.15) is 0 Å². The Hall–Kier alpha value is -0.840. The Morgan fingerprint density at radius 3 is 2.38 bits per heavy atom. The van der Waals surface area contributed by atoms with Crippen LogP contribution in [0.25, 0.3) is 0 Å². The molecule has 1 N–H and O–H groups in total. The molecule has 0 aliphatic carbocycles. The lowest BCUT2D eigenvalue weighted by Gasteiger charge is -2.47. The maximum atomic E-state index is 6.14. The molecule has 1 saturated heterocycles.